The molecule has 0 spiro atoms. The molecule has 0 saturated carbocycles. The second kappa shape index (κ2) is 21.2. The SMILES string of the molecule is CC(C)Cc1ccnc(-c2cccc3c2oc2cc(-c4cc(C(C)(C)C)cc(C(C)(C)C)c4)ccc23)c1.C[Si](C)(C)c1ccc(-c2ccccc2)nc1.[Ir].c1ccc(-c2ccccn2)cc1. The molecule has 9 aromatic rings. The van der Waals surface area contributed by atoms with Crippen molar-refractivity contribution in [2.75, 3.05) is 0 Å². The molecule has 0 fully saturated rings. The van der Waals surface area contributed by atoms with E-state index in [-0.39, 0.29) is 30.9 Å². The van der Waals surface area contributed by atoms with Gasteiger partial charge in [-0.3, -0.25) is 15.0 Å². The summed E-state index contributed by atoms with van der Waals surface area (Å²) in [5.74, 6) is 0.603. The van der Waals surface area contributed by atoms with E-state index in [0.717, 1.165) is 56.6 Å². The van der Waals surface area contributed by atoms with E-state index in [1.165, 1.54) is 38.6 Å². The van der Waals surface area contributed by atoms with Crippen molar-refractivity contribution in [2.45, 2.75) is 92.3 Å². The molecule has 0 saturated heterocycles. The van der Waals surface area contributed by atoms with Crippen molar-refractivity contribution in [2.24, 2.45) is 5.92 Å². The molecule has 0 bridgehead atoms. The Morgan fingerprint density at radius 2 is 1.11 bits per heavy atom. The summed E-state index contributed by atoms with van der Waals surface area (Å²) >= 11 is 0. The molecule has 0 aliphatic rings. The average Bonchev–Trinajstić information content (AvgIpc) is 3.68. The number of para-hydroxylation sites is 1. The zero-order valence-corrected chi connectivity index (χ0v) is 44.0. The zero-order valence-electron chi connectivity index (χ0n) is 40.6. The number of nitrogens with zero attached hydrogens (tertiary/aromatic N) is 3. The predicted octanol–water partition coefficient (Wildman–Crippen LogP) is 16.1. The Hall–Kier alpha value is -5.78. The van der Waals surface area contributed by atoms with E-state index in [4.69, 9.17) is 9.40 Å². The molecular weight excluding hydrogens is 999 g/mol. The van der Waals surface area contributed by atoms with Crippen LogP contribution in [0.25, 0.3) is 66.8 Å². The van der Waals surface area contributed by atoms with Crippen molar-refractivity contribution in [3.63, 3.8) is 0 Å². The van der Waals surface area contributed by atoms with Crippen LogP contribution in [0, 0.1) is 5.92 Å². The van der Waals surface area contributed by atoms with Gasteiger partial charge in [0.1, 0.15) is 11.2 Å². The Morgan fingerprint density at radius 3 is 1.65 bits per heavy atom. The van der Waals surface area contributed by atoms with Crippen LogP contribution in [0.4, 0.5) is 0 Å². The molecule has 0 unspecified atom stereocenters. The third-order valence-corrected chi connectivity index (χ3v) is 13.7. The van der Waals surface area contributed by atoms with Crippen LogP contribution in [-0.2, 0) is 37.4 Å². The van der Waals surface area contributed by atoms with Crippen LogP contribution in [0.5, 0.6) is 0 Å². The van der Waals surface area contributed by atoms with Crippen molar-refractivity contribution in [1.29, 1.82) is 0 Å². The Labute approximate surface area is 408 Å². The Balaban J connectivity index is 0.000000202. The van der Waals surface area contributed by atoms with Gasteiger partial charge in [0.05, 0.1) is 25.2 Å². The van der Waals surface area contributed by atoms with E-state index in [1.54, 1.807) is 0 Å². The standard InChI is InChI=1S/C35H39NO.C14H17NSi.C11H9N.Ir/c1-22(2)16-23-14-15-36-31(17-23)30-11-9-10-29-28-13-12-24(20-32(28)37-33(29)30)25-18-26(34(3,4)5)21-27(19-25)35(6,7)8;1-16(2,3)13-9-10-14(15-11-13)12-7-5-4-6-8-12;1-2-6-10(7-3-1)11-8-4-5-9-12-11;/h9-15,17-22H,16H2,1-8H3;4-11H,1-3H3;1-9H;. The van der Waals surface area contributed by atoms with Crippen LogP contribution in [0.2, 0.25) is 19.6 Å². The van der Waals surface area contributed by atoms with E-state index in [2.05, 4.69) is 188 Å². The molecule has 0 N–H and O–H groups in total. The first-order chi connectivity index (χ1) is 30.9. The summed E-state index contributed by atoms with van der Waals surface area (Å²) in [5, 5.41) is 3.68. The second-order valence-corrected chi connectivity index (χ2v) is 25.6. The molecular formula is C60H65IrN3OSi. The van der Waals surface area contributed by atoms with Gasteiger partial charge in [-0.1, -0.05) is 184 Å². The van der Waals surface area contributed by atoms with Gasteiger partial charge in [-0.2, -0.15) is 0 Å². The average molecular weight is 1060 g/mol. The molecule has 1 radical (unpaired) electrons. The number of furan rings is 1. The van der Waals surface area contributed by atoms with Gasteiger partial charge in [0.15, 0.2) is 0 Å². The van der Waals surface area contributed by atoms with Crippen LogP contribution >= 0.6 is 0 Å². The van der Waals surface area contributed by atoms with Gasteiger partial charge in [0, 0.05) is 66.2 Å². The van der Waals surface area contributed by atoms with Crippen molar-refractivity contribution < 1.29 is 24.5 Å². The summed E-state index contributed by atoms with van der Waals surface area (Å²) in [5.41, 5.74) is 14.9. The fourth-order valence-electron chi connectivity index (χ4n) is 7.82. The van der Waals surface area contributed by atoms with Crippen molar-refractivity contribution in [3.8, 4) is 44.9 Å². The van der Waals surface area contributed by atoms with Crippen molar-refractivity contribution in [1.82, 2.24) is 15.0 Å². The van der Waals surface area contributed by atoms with Crippen LogP contribution < -0.4 is 5.19 Å². The first-order valence-corrected chi connectivity index (χ1v) is 26.5. The quantitative estimate of drug-likeness (QED) is 0.149. The molecule has 6 heteroatoms. The number of benzene rings is 5. The largest absolute Gasteiger partial charge is 0.455 e. The zero-order chi connectivity index (χ0) is 46.4. The maximum Gasteiger partial charge on any atom is 0.144 e. The minimum atomic E-state index is -1.22. The van der Waals surface area contributed by atoms with Crippen molar-refractivity contribution in [3.05, 3.63) is 193 Å². The van der Waals surface area contributed by atoms with Crippen LogP contribution in [0.15, 0.2) is 181 Å². The van der Waals surface area contributed by atoms with Crippen LogP contribution in [0.1, 0.15) is 72.1 Å². The smallest absolute Gasteiger partial charge is 0.144 e. The fraction of sp³-hybridized carbons (Fsp3) is 0.250. The fourth-order valence-corrected chi connectivity index (χ4v) is 8.85. The van der Waals surface area contributed by atoms with Crippen molar-refractivity contribution >= 4 is 35.2 Å². The molecule has 0 aliphatic heterocycles. The summed E-state index contributed by atoms with van der Waals surface area (Å²) in [4.78, 5) is 13.5. The number of pyridine rings is 3. The topological polar surface area (TPSA) is 51.8 Å². The first kappa shape index (κ1) is 49.6. The molecule has 0 aliphatic carbocycles. The monoisotopic (exact) mass is 1060 g/mol. The van der Waals surface area contributed by atoms with E-state index in [1.807, 2.05) is 73.2 Å². The minimum Gasteiger partial charge on any atom is -0.455 e. The van der Waals surface area contributed by atoms with E-state index in [9.17, 15) is 0 Å². The number of rotatable bonds is 7. The summed E-state index contributed by atoms with van der Waals surface area (Å²) in [7, 11) is -1.22. The summed E-state index contributed by atoms with van der Waals surface area (Å²) in [6.07, 6.45) is 6.80. The molecule has 0 amide bonds. The molecule has 5 aromatic carbocycles. The summed E-state index contributed by atoms with van der Waals surface area (Å²) in [6, 6.07) is 55.2. The normalized spacial score (nSPS) is 11.6. The minimum absolute atomic E-state index is 0. The van der Waals surface area contributed by atoms with Crippen LogP contribution in [0.3, 0.4) is 0 Å². The molecule has 4 nitrogen and oxygen atoms in total. The molecule has 66 heavy (non-hydrogen) atoms. The van der Waals surface area contributed by atoms with E-state index >= 15 is 0 Å². The summed E-state index contributed by atoms with van der Waals surface area (Å²) in [6.45, 7) is 25.2. The Kier molecular flexibility index (Phi) is 16.0. The number of hydrogen-bond donors (Lipinski definition) is 0. The first-order valence-electron chi connectivity index (χ1n) is 23.0. The third-order valence-electron chi connectivity index (χ3n) is 11.7. The number of fused-ring (bicyclic) bond motifs is 3. The van der Waals surface area contributed by atoms with Gasteiger partial charge in [0.2, 0.25) is 0 Å². The van der Waals surface area contributed by atoms with Gasteiger partial charge in [-0.15, -0.1) is 0 Å². The Bertz CT molecular complexity index is 2890. The third kappa shape index (κ3) is 12.6. The maximum absolute atomic E-state index is 6.58. The van der Waals surface area contributed by atoms with Gasteiger partial charge in [-0.25, -0.2) is 0 Å². The molecule has 9 rings (SSSR count). The van der Waals surface area contributed by atoms with E-state index < -0.39 is 8.07 Å². The van der Waals surface area contributed by atoms with Gasteiger partial charge < -0.3 is 4.42 Å². The van der Waals surface area contributed by atoms with E-state index in [0.29, 0.717) is 5.92 Å². The molecule has 4 heterocycles. The summed E-state index contributed by atoms with van der Waals surface area (Å²) < 4.78 is 6.58. The molecule has 0 atom stereocenters. The van der Waals surface area contributed by atoms with Gasteiger partial charge in [0.25, 0.3) is 0 Å². The van der Waals surface area contributed by atoms with Crippen LogP contribution in [-0.4, -0.2) is 23.0 Å². The molecule has 4 aromatic heterocycles. The molecule has 339 valence electrons. The number of aromatic nitrogens is 3. The second-order valence-electron chi connectivity index (χ2n) is 20.6. The predicted molar refractivity (Wildman–Crippen MR) is 281 cm³/mol. The number of hydrogen-bond acceptors (Lipinski definition) is 4. The van der Waals surface area contributed by atoms with Gasteiger partial charge >= 0.3 is 0 Å². The van der Waals surface area contributed by atoms with Gasteiger partial charge in [-0.05, 0) is 105 Å². The Morgan fingerprint density at radius 1 is 0.500 bits per heavy atom. The maximum atomic E-state index is 6.58.